The van der Waals surface area contributed by atoms with Gasteiger partial charge < -0.3 is 14.6 Å². The highest BCUT2D eigenvalue weighted by atomic mass is 19.4. The molecule has 0 spiro atoms. The summed E-state index contributed by atoms with van der Waals surface area (Å²) in [6.07, 6.45) is -2.24. The van der Waals surface area contributed by atoms with Crippen LogP contribution < -0.4 is 0 Å². The molecule has 1 aromatic carbocycles. The molecule has 6 nitrogen and oxygen atoms in total. The third-order valence-electron chi connectivity index (χ3n) is 4.71. The highest BCUT2D eigenvalue weighted by Crippen LogP contribution is 2.24. The number of pyridine rings is 1. The first-order valence-corrected chi connectivity index (χ1v) is 9.28. The van der Waals surface area contributed by atoms with E-state index in [1.807, 2.05) is 29.1 Å². The lowest BCUT2D eigenvalue weighted by molar-refractivity contribution is -0.192. The van der Waals surface area contributed by atoms with E-state index in [1.165, 1.54) is 5.56 Å². The second-order valence-corrected chi connectivity index (χ2v) is 7.14. The molecule has 0 aliphatic carbocycles. The number of aryl methyl sites for hydroxylation is 1. The second kappa shape index (κ2) is 8.75. The molecule has 1 aliphatic heterocycles. The lowest BCUT2D eigenvalue weighted by Crippen LogP contribution is -2.52. The summed E-state index contributed by atoms with van der Waals surface area (Å²) in [5.74, 6) is -2.81. The first kappa shape index (κ1) is 22.3. The van der Waals surface area contributed by atoms with Crippen molar-refractivity contribution in [2.75, 3.05) is 13.1 Å². The normalized spacial score (nSPS) is 14.0. The standard InChI is InChI=1S/C19H18FN3O.C2HF3O2/c1-13-3-2-4-14(7-13)15-8-18-17(21-9-15)5-6-22(18)12-19(24)23-10-16(20)11-23;3-2(4,5)1(6)7/h2-9,16H,10-12H2,1H3;(H,6,7). The maximum absolute atomic E-state index is 12.9. The maximum Gasteiger partial charge on any atom is 0.490 e. The van der Waals surface area contributed by atoms with Gasteiger partial charge in [0.1, 0.15) is 12.7 Å². The summed E-state index contributed by atoms with van der Waals surface area (Å²) in [6.45, 7) is 2.70. The van der Waals surface area contributed by atoms with Crippen molar-refractivity contribution >= 4 is 22.9 Å². The van der Waals surface area contributed by atoms with Gasteiger partial charge in [-0.3, -0.25) is 9.78 Å². The molecule has 0 atom stereocenters. The fourth-order valence-electron chi connectivity index (χ4n) is 3.06. The van der Waals surface area contributed by atoms with Crippen molar-refractivity contribution in [2.45, 2.75) is 25.8 Å². The van der Waals surface area contributed by atoms with Crippen LogP contribution in [0.4, 0.5) is 17.6 Å². The van der Waals surface area contributed by atoms with Gasteiger partial charge in [-0.1, -0.05) is 29.8 Å². The molecule has 3 aromatic rings. The predicted molar refractivity (Wildman–Crippen MR) is 105 cm³/mol. The number of aliphatic carboxylic acids is 1. The number of alkyl halides is 4. The fraction of sp³-hybridized carbons (Fsp3) is 0.286. The monoisotopic (exact) mass is 437 g/mol. The summed E-state index contributed by atoms with van der Waals surface area (Å²) in [5.41, 5.74) is 5.08. The summed E-state index contributed by atoms with van der Waals surface area (Å²) < 4.78 is 46.5. The number of nitrogens with zero attached hydrogens (tertiary/aromatic N) is 3. The number of benzene rings is 1. The Morgan fingerprint density at radius 1 is 1.16 bits per heavy atom. The number of carbonyl (C=O) groups is 2. The SMILES string of the molecule is Cc1cccc(-c2cnc3ccn(CC(=O)N4CC(F)C4)c3c2)c1.O=C(O)C(F)(F)F. The third-order valence-corrected chi connectivity index (χ3v) is 4.71. The van der Waals surface area contributed by atoms with Crippen LogP contribution in [0.15, 0.2) is 48.8 Å². The lowest BCUT2D eigenvalue weighted by atomic mass is 10.1. The second-order valence-electron chi connectivity index (χ2n) is 7.14. The van der Waals surface area contributed by atoms with Gasteiger partial charge >= 0.3 is 12.1 Å². The Kier molecular flexibility index (Phi) is 6.28. The van der Waals surface area contributed by atoms with E-state index in [0.717, 1.165) is 22.2 Å². The fourth-order valence-corrected chi connectivity index (χ4v) is 3.06. The quantitative estimate of drug-likeness (QED) is 0.632. The predicted octanol–water partition coefficient (Wildman–Crippen LogP) is 3.83. The van der Waals surface area contributed by atoms with E-state index in [-0.39, 0.29) is 25.5 Å². The highest BCUT2D eigenvalue weighted by molar-refractivity contribution is 5.84. The van der Waals surface area contributed by atoms with E-state index in [9.17, 15) is 22.4 Å². The number of fused-ring (bicyclic) bond motifs is 1. The van der Waals surface area contributed by atoms with Crippen LogP contribution in [0, 0.1) is 6.92 Å². The number of carboxylic acids is 1. The number of carboxylic acid groups (broad SMARTS) is 1. The molecule has 164 valence electrons. The van der Waals surface area contributed by atoms with E-state index in [1.54, 1.807) is 4.90 Å². The lowest BCUT2D eigenvalue weighted by Gasteiger charge is -2.34. The summed E-state index contributed by atoms with van der Waals surface area (Å²) >= 11 is 0. The molecule has 1 fully saturated rings. The van der Waals surface area contributed by atoms with Crippen molar-refractivity contribution in [3.8, 4) is 11.1 Å². The minimum Gasteiger partial charge on any atom is -0.475 e. The van der Waals surface area contributed by atoms with E-state index < -0.39 is 18.3 Å². The molecule has 2 aromatic heterocycles. The minimum absolute atomic E-state index is 0.0534. The molecule has 3 heterocycles. The largest absolute Gasteiger partial charge is 0.490 e. The summed E-state index contributed by atoms with van der Waals surface area (Å²) in [5, 5.41) is 7.12. The number of rotatable bonds is 3. The smallest absolute Gasteiger partial charge is 0.475 e. The molecule has 1 amide bonds. The topological polar surface area (TPSA) is 75.4 Å². The van der Waals surface area contributed by atoms with Crippen molar-refractivity contribution in [2.24, 2.45) is 0 Å². The van der Waals surface area contributed by atoms with E-state index >= 15 is 0 Å². The van der Waals surface area contributed by atoms with Gasteiger partial charge in [0.05, 0.1) is 24.1 Å². The van der Waals surface area contributed by atoms with Gasteiger partial charge in [0, 0.05) is 18.0 Å². The molecule has 0 bridgehead atoms. The molecule has 1 N–H and O–H groups in total. The van der Waals surface area contributed by atoms with Gasteiger partial charge in [0.15, 0.2) is 0 Å². The van der Waals surface area contributed by atoms with E-state index in [2.05, 4.69) is 36.2 Å². The molecule has 1 aliphatic rings. The molecule has 10 heteroatoms. The van der Waals surface area contributed by atoms with Crippen LogP contribution in [0.5, 0.6) is 0 Å². The zero-order chi connectivity index (χ0) is 22.8. The first-order valence-electron chi connectivity index (χ1n) is 9.28. The maximum atomic E-state index is 12.9. The van der Waals surface area contributed by atoms with Crippen molar-refractivity contribution in [3.05, 3.63) is 54.4 Å². The van der Waals surface area contributed by atoms with Gasteiger partial charge in [0.2, 0.25) is 5.91 Å². The van der Waals surface area contributed by atoms with Crippen LogP contribution >= 0.6 is 0 Å². The van der Waals surface area contributed by atoms with Crippen LogP contribution in [0.1, 0.15) is 5.56 Å². The Hall–Kier alpha value is -3.43. The van der Waals surface area contributed by atoms with E-state index in [0.29, 0.717) is 0 Å². The number of hydrogen-bond acceptors (Lipinski definition) is 3. The van der Waals surface area contributed by atoms with Crippen molar-refractivity contribution < 1.29 is 32.3 Å². The Morgan fingerprint density at radius 2 is 1.84 bits per heavy atom. The average Bonchev–Trinajstić information content (AvgIpc) is 3.07. The average molecular weight is 437 g/mol. The first-order chi connectivity index (χ1) is 14.5. The van der Waals surface area contributed by atoms with Crippen molar-refractivity contribution in [1.82, 2.24) is 14.5 Å². The van der Waals surface area contributed by atoms with E-state index in [4.69, 9.17) is 9.90 Å². The number of hydrogen-bond donors (Lipinski definition) is 1. The summed E-state index contributed by atoms with van der Waals surface area (Å²) in [4.78, 5) is 27.1. The Balaban J connectivity index is 0.000000339. The van der Waals surface area contributed by atoms with Crippen LogP contribution in [0.2, 0.25) is 0 Å². The number of aromatic nitrogens is 2. The highest BCUT2D eigenvalue weighted by Gasteiger charge is 2.38. The Labute approximate surface area is 174 Å². The van der Waals surface area contributed by atoms with Crippen LogP contribution in [-0.2, 0) is 16.1 Å². The number of halogens is 4. The molecule has 0 saturated carbocycles. The molecule has 0 radical (unpaired) electrons. The third kappa shape index (κ3) is 5.39. The minimum atomic E-state index is -5.08. The Bertz CT molecular complexity index is 1100. The molecule has 4 rings (SSSR count). The van der Waals surface area contributed by atoms with Gasteiger partial charge in [-0.2, -0.15) is 13.2 Å². The summed E-state index contributed by atoms with van der Waals surface area (Å²) in [6, 6.07) is 12.2. The molecular formula is C21H19F4N3O3. The van der Waals surface area contributed by atoms with Gasteiger partial charge in [-0.25, -0.2) is 9.18 Å². The van der Waals surface area contributed by atoms with Gasteiger partial charge in [-0.05, 0) is 24.6 Å². The molecule has 31 heavy (non-hydrogen) atoms. The zero-order valence-electron chi connectivity index (χ0n) is 16.4. The van der Waals surface area contributed by atoms with Crippen LogP contribution in [0.25, 0.3) is 22.2 Å². The molecule has 1 saturated heterocycles. The van der Waals surface area contributed by atoms with Gasteiger partial charge in [0.25, 0.3) is 0 Å². The van der Waals surface area contributed by atoms with Crippen LogP contribution in [0.3, 0.4) is 0 Å². The van der Waals surface area contributed by atoms with Crippen molar-refractivity contribution in [1.29, 1.82) is 0 Å². The zero-order valence-corrected chi connectivity index (χ0v) is 16.4. The molecule has 0 unspecified atom stereocenters. The number of amides is 1. The summed E-state index contributed by atoms with van der Waals surface area (Å²) in [7, 11) is 0. The molecular weight excluding hydrogens is 418 g/mol. The Morgan fingerprint density at radius 3 is 2.42 bits per heavy atom. The number of likely N-dealkylation sites (tertiary alicyclic amines) is 1. The van der Waals surface area contributed by atoms with Gasteiger partial charge in [-0.15, -0.1) is 0 Å². The van der Waals surface area contributed by atoms with Crippen molar-refractivity contribution in [3.63, 3.8) is 0 Å². The number of carbonyl (C=O) groups excluding carboxylic acids is 1. The van der Waals surface area contributed by atoms with Crippen LogP contribution in [-0.4, -0.2) is 56.9 Å².